The number of methoxy groups -OCH3 is 1. The largest absolute Gasteiger partial charge is 0.495 e. The normalized spacial score (nSPS) is 10.7. The van der Waals surface area contributed by atoms with Gasteiger partial charge < -0.3 is 20.4 Å². The fraction of sp³-hybridized carbons (Fsp3) is 0.130. The third-order valence-electron chi connectivity index (χ3n) is 4.96. The van der Waals surface area contributed by atoms with E-state index in [0.29, 0.717) is 33.9 Å². The molecular weight excluding hydrogens is 394 g/mol. The van der Waals surface area contributed by atoms with Crippen LogP contribution in [0.15, 0.2) is 59.8 Å². The van der Waals surface area contributed by atoms with Gasteiger partial charge in [0.25, 0.3) is 11.5 Å². The number of benzene rings is 1. The quantitative estimate of drug-likeness (QED) is 0.461. The third-order valence-corrected chi connectivity index (χ3v) is 4.96. The molecule has 3 aromatic heterocycles. The van der Waals surface area contributed by atoms with Crippen LogP contribution in [0.2, 0.25) is 0 Å². The summed E-state index contributed by atoms with van der Waals surface area (Å²) in [5.74, 6) is 0.862. The van der Waals surface area contributed by atoms with Crippen LogP contribution in [0.5, 0.6) is 5.75 Å². The minimum Gasteiger partial charge on any atom is -0.495 e. The Morgan fingerprint density at radius 3 is 2.71 bits per heavy atom. The van der Waals surface area contributed by atoms with Crippen LogP contribution in [0.1, 0.15) is 15.9 Å². The first kappa shape index (κ1) is 20.1. The fourth-order valence-corrected chi connectivity index (χ4v) is 3.39. The SMILES string of the molecule is CNC(=O)c1ccc(Nc2nc(-c3cncc(OC)c3)cc3cc[nH]c(=O)c23)cc1C. The molecule has 4 aromatic rings. The second-order valence-electron chi connectivity index (χ2n) is 6.97. The molecule has 0 spiro atoms. The lowest BCUT2D eigenvalue weighted by Crippen LogP contribution is -2.18. The Balaban J connectivity index is 1.83. The number of ether oxygens (including phenoxy) is 1. The van der Waals surface area contributed by atoms with Crippen molar-refractivity contribution in [3.05, 3.63) is 76.5 Å². The van der Waals surface area contributed by atoms with Crippen LogP contribution in [-0.4, -0.2) is 35.0 Å². The van der Waals surface area contributed by atoms with E-state index in [4.69, 9.17) is 9.72 Å². The van der Waals surface area contributed by atoms with Gasteiger partial charge >= 0.3 is 0 Å². The summed E-state index contributed by atoms with van der Waals surface area (Å²) >= 11 is 0. The van der Waals surface area contributed by atoms with Gasteiger partial charge in [-0.25, -0.2) is 4.98 Å². The van der Waals surface area contributed by atoms with Gasteiger partial charge in [0, 0.05) is 36.3 Å². The number of hydrogen-bond donors (Lipinski definition) is 3. The van der Waals surface area contributed by atoms with Crippen molar-refractivity contribution in [1.82, 2.24) is 20.3 Å². The van der Waals surface area contributed by atoms with E-state index >= 15 is 0 Å². The molecule has 0 bridgehead atoms. The van der Waals surface area contributed by atoms with Gasteiger partial charge in [0.1, 0.15) is 11.6 Å². The summed E-state index contributed by atoms with van der Waals surface area (Å²) in [4.78, 5) is 36.1. The lowest BCUT2D eigenvalue weighted by molar-refractivity contribution is 0.0962. The van der Waals surface area contributed by atoms with E-state index in [0.717, 1.165) is 16.5 Å². The molecule has 0 aliphatic carbocycles. The highest BCUT2D eigenvalue weighted by Crippen LogP contribution is 2.29. The number of anilines is 2. The molecular formula is C23H21N5O3. The first-order valence-corrected chi connectivity index (χ1v) is 9.62. The lowest BCUT2D eigenvalue weighted by Gasteiger charge is -2.13. The number of aromatic amines is 1. The summed E-state index contributed by atoms with van der Waals surface area (Å²) < 4.78 is 5.27. The molecule has 0 aliphatic heterocycles. The second kappa shape index (κ2) is 8.27. The minimum absolute atomic E-state index is 0.156. The average Bonchev–Trinajstić information content (AvgIpc) is 2.78. The van der Waals surface area contributed by atoms with E-state index in [2.05, 4.69) is 20.6 Å². The summed E-state index contributed by atoms with van der Waals surface area (Å²) in [7, 11) is 3.17. The van der Waals surface area contributed by atoms with Crippen LogP contribution < -0.4 is 20.9 Å². The molecule has 0 saturated carbocycles. The number of nitrogens with one attached hydrogen (secondary N) is 3. The van der Waals surface area contributed by atoms with E-state index in [1.54, 1.807) is 44.9 Å². The lowest BCUT2D eigenvalue weighted by atomic mass is 10.1. The van der Waals surface area contributed by atoms with Gasteiger partial charge in [-0.2, -0.15) is 0 Å². The molecule has 0 unspecified atom stereocenters. The molecule has 3 N–H and O–H groups in total. The highest BCUT2D eigenvalue weighted by atomic mass is 16.5. The number of hydrogen-bond acceptors (Lipinski definition) is 6. The molecule has 31 heavy (non-hydrogen) atoms. The van der Waals surface area contributed by atoms with Crippen LogP contribution in [-0.2, 0) is 0 Å². The molecule has 8 nitrogen and oxygen atoms in total. The Labute approximate surface area is 178 Å². The number of aryl methyl sites for hydroxylation is 1. The Hall–Kier alpha value is -4.20. The van der Waals surface area contributed by atoms with Crippen LogP contribution in [0.25, 0.3) is 22.0 Å². The topological polar surface area (TPSA) is 109 Å². The van der Waals surface area contributed by atoms with Crippen molar-refractivity contribution >= 4 is 28.2 Å². The van der Waals surface area contributed by atoms with Crippen molar-refractivity contribution in [2.75, 3.05) is 19.5 Å². The van der Waals surface area contributed by atoms with Crippen molar-refractivity contribution < 1.29 is 9.53 Å². The molecule has 0 radical (unpaired) electrons. The number of pyridine rings is 3. The van der Waals surface area contributed by atoms with Crippen molar-refractivity contribution in [3.8, 4) is 17.0 Å². The molecule has 0 atom stereocenters. The summed E-state index contributed by atoms with van der Waals surface area (Å²) in [6.07, 6.45) is 4.91. The van der Waals surface area contributed by atoms with Crippen LogP contribution in [0.4, 0.5) is 11.5 Å². The maximum Gasteiger partial charge on any atom is 0.259 e. The van der Waals surface area contributed by atoms with Crippen LogP contribution in [0.3, 0.4) is 0 Å². The smallest absolute Gasteiger partial charge is 0.259 e. The molecule has 0 fully saturated rings. The summed E-state index contributed by atoms with van der Waals surface area (Å²) in [5.41, 5.74) is 3.25. The Kier molecular flexibility index (Phi) is 5.36. The third kappa shape index (κ3) is 3.95. The minimum atomic E-state index is -0.249. The molecule has 4 rings (SSSR count). The van der Waals surface area contributed by atoms with E-state index in [-0.39, 0.29) is 11.5 Å². The number of fused-ring (bicyclic) bond motifs is 1. The van der Waals surface area contributed by atoms with Crippen LogP contribution in [0, 0.1) is 6.92 Å². The van der Waals surface area contributed by atoms with Crippen molar-refractivity contribution in [2.45, 2.75) is 6.92 Å². The average molecular weight is 415 g/mol. The Morgan fingerprint density at radius 1 is 1.13 bits per heavy atom. The fourth-order valence-electron chi connectivity index (χ4n) is 3.39. The van der Waals surface area contributed by atoms with Crippen LogP contribution >= 0.6 is 0 Å². The number of aromatic nitrogens is 3. The number of carbonyl (C=O) groups is 1. The number of H-pyrrole nitrogens is 1. The number of amides is 1. The van der Waals surface area contributed by atoms with Gasteiger partial charge in [0.2, 0.25) is 0 Å². The van der Waals surface area contributed by atoms with Gasteiger partial charge in [-0.3, -0.25) is 14.6 Å². The van der Waals surface area contributed by atoms with Gasteiger partial charge in [0.15, 0.2) is 0 Å². The summed E-state index contributed by atoms with van der Waals surface area (Å²) in [5, 5.41) is 7.04. The number of nitrogens with zero attached hydrogens (tertiary/aromatic N) is 2. The number of rotatable bonds is 5. The zero-order valence-corrected chi connectivity index (χ0v) is 17.3. The Bertz CT molecular complexity index is 1350. The molecule has 8 heteroatoms. The number of carbonyl (C=O) groups excluding carboxylic acids is 1. The summed E-state index contributed by atoms with van der Waals surface area (Å²) in [6, 6.07) is 10.9. The van der Waals surface area contributed by atoms with Gasteiger partial charge in [-0.1, -0.05) is 0 Å². The van der Waals surface area contributed by atoms with E-state index < -0.39 is 0 Å². The van der Waals surface area contributed by atoms with Gasteiger partial charge in [-0.05, 0) is 54.3 Å². The maximum atomic E-state index is 12.6. The van der Waals surface area contributed by atoms with E-state index in [1.807, 2.05) is 31.2 Å². The monoisotopic (exact) mass is 415 g/mol. The molecule has 0 saturated heterocycles. The van der Waals surface area contributed by atoms with E-state index in [1.165, 1.54) is 0 Å². The van der Waals surface area contributed by atoms with Gasteiger partial charge in [0.05, 0.1) is 24.4 Å². The zero-order valence-electron chi connectivity index (χ0n) is 17.3. The Morgan fingerprint density at radius 2 is 1.97 bits per heavy atom. The molecule has 1 amide bonds. The molecule has 156 valence electrons. The van der Waals surface area contributed by atoms with Crippen molar-refractivity contribution in [3.63, 3.8) is 0 Å². The molecule has 3 heterocycles. The second-order valence-corrected chi connectivity index (χ2v) is 6.97. The maximum absolute atomic E-state index is 12.6. The zero-order chi connectivity index (χ0) is 22.0. The predicted molar refractivity (Wildman–Crippen MR) is 120 cm³/mol. The molecule has 0 aliphatic rings. The van der Waals surface area contributed by atoms with Crippen molar-refractivity contribution in [1.29, 1.82) is 0 Å². The molecule has 1 aromatic carbocycles. The van der Waals surface area contributed by atoms with E-state index in [9.17, 15) is 9.59 Å². The first-order valence-electron chi connectivity index (χ1n) is 9.62. The highest BCUT2D eigenvalue weighted by molar-refractivity contribution is 5.97. The summed E-state index contributed by atoms with van der Waals surface area (Å²) in [6.45, 7) is 1.85. The first-order chi connectivity index (χ1) is 15.0. The predicted octanol–water partition coefficient (Wildman–Crippen LogP) is 3.41. The van der Waals surface area contributed by atoms with Crippen molar-refractivity contribution in [2.24, 2.45) is 0 Å². The standard InChI is InChI=1S/C23H21N5O3/c1-13-8-16(4-5-18(13)22(29)24-2)27-21-20-14(6-7-26-23(20)30)10-19(28-21)15-9-17(31-3)12-25-11-15/h4-12H,1-3H3,(H,24,29)(H,26,30)(H,27,28). The highest BCUT2D eigenvalue weighted by Gasteiger charge is 2.13. The van der Waals surface area contributed by atoms with Gasteiger partial charge in [-0.15, -0.1) is 0 Å².